The Labute approximate surface area is 116 Å². The number of amides is 2. The minimum absolute atomic E-state index is 0.133. The smallest absolute Gasteiger partial charge is 0.314 e. The van der Waals surface area contributed by atoms with Crippen molar-refractivity contribution in [3.63, 3.8) is 0 Å². The van der Waals surface area contributed by atoms with Gasteiger partial charge in [-0.05, 0) is 12.3 Å². The number of nitrogens with zero attached hydrogens (tertiary/aromatic N) is 1. The van der Waals surface area contributed by atoms with Crippen LogP contribution in [-0.4, -0.2) is 35.2 Å². The number of hydrogen-bond donors (Lipinski definition) is 3. The zero-order valence-electron chi connectivity index (χ0n) is 10.9. The molecule has 0 aromatic carbocycles. The number of thiazole rings is 1. The molecule has 1 atom stereocenters. The van der Waals surface area contributed by atoms with E-state index in [2.05, 4.69) is 15.6 Å². The lowest BCUT2D eigenvalue weighted by Gasteiger charge is -2.12. The lowest BCUT2D eigenvalue weighted by molar-refractivity contribution is -0.137. The molecule has 0 aliphatic heterocycles. The molecule has 2 amide bonds. The number of rotatable bonds is 8. The second kappa shape index (κ2) is 8.47. The van der Waals surface area contributed by atoms with Crippen molar-refractivity contribution >= 4 is 23.3 Å². The van der Waals surface area contributed by atoms with Crippen molar-refractivity contribution < 1.29 is 14.7 Å². The average Bonchev–Trinajstić information content (AvgIpc) is 2.87. The maximum Gasteiger partial charge on any atom is 0.314 e. The quantitative estimate of drug-likeness (QED) is 0.675. The van der Waals surface area contributed by atoms with Crippen molar-refractivity contribution in [2.45, 2.75) is 26.2 Å². The highest BCUT2D eigenvalue weighted by molar-refractivity contribution is 7.09. The molecule has 1 heterocycles. The van der Waals surface area contributed by atoms with Crippen LogP contribution in [0.3, 0.4) is 0 Å². The van der Waals surface area contributed by atoms with E-state index in [0.717, 1.165) is 11.4 Å². The molecule has 7 heteroatoms. The summed E-state index contributed by atoms with van der Waals surface area (Å²) in [6.07, 6.45) is 3.16. The van der Waals surface area contributed by atoms with Crippen molar-refractivity contribution in [3.8, 4) is 0 Å². The third-order valence-corrected chi connectivity index (χ3v) is 3.41. The monoisotopic (exact) mass is 285 g/mol. The molecule has 1 aromatic rings. The lowest BCUT2D eigenvalue weighted by Crippen LogP contribution is -2.38. The number of urea groups is 1. The highest BCUT2D eigenvalue weighted by Crippen LogP contribution is 2.04. The van der Waals surface area contributed by atoms with E-state index in [-0.39, 0.29) is 18.4 Å². The Morgan fingerprint density at radius 2 is 2.26 bits per heavy atom. The Bertz CT molecular complexity index is 395. The molecule has 0 aliphatic rings. The number of aliphatic carboxylic acids is 1. The number of carboxylic acids is 1. The number of hydrogen-bond acceptors (Lipinski definition) is 4. The van der Waals surface area contributed by atoms with Crippen LogP contribution in [-0.2, 0) is 11.2 Å². The Kier molecular flexibility index (Phi) is 6.88. The molecule has 3 N–H and O–H groups in total. The molecule has 0 saturated carbocycles. The van der Waals surface area contributed by atoms with Crippen LogP contribution in [0.25, 0.3) is 0 Å². The highest BCUT2D eigenvalue weighted by Gasteiger charge is 2.07. The van der Waals surface area contributed by atoms with Gasteiger partial charge in [-0.15, -0.1) is 11.3 Å². The van der Waals surface area contributed by atoms with E-state index in [0.29, 0.717) is 19.5 Å². The van der Waals surface area contributed by atoms with Crippen molar-refractivity contribution in [1.82, 2.24) is 15.6 Å². The van der Waals surface area contributed by atoms with Crippen LogP contribution in [0.1, 0.15) is 24.8 Å². The van der Waals surface area contributed by atoms with E-state index in [9.17, 15) is 9.59 Å². The number of carbonyl (C=O) groups is 2. The van der Waals surface area contributed by atoms with E-state index < -0.39 is 5.97 Å². The Morgan fingerprint density at radius 3 is 2.89 bits per heavy atom. The summed E-state index contributed by atoms with van der Waals surface area (Å²) in [6, 6.07) is -0.223. The third kappa shape index (κ3) is 7.40. The molecule has 0 spiro atoms. The van der Waals surface area contributed by atoms with E-state index >= 15 is 0 Å². The van der Waals surface area contributed by atoms with Crippen molar-refractivity contribution in [3.05, 3.63) is 16.6 Å². The first-order valence-corrected chi connectivity index (χ1v) is 7.07. The van der Waals surface area contributed by atoms with Gasteiger partial charge in [-0.3, -0.25) is 4.79 Å². The first kappa shape index (κ1) is 15.4. The van der Waals surface area contributed by atoms with Crippen LogP contribution in [0.15, 0.2) is 11.6 Å². The molecule has 0 fully saturated rings. The Balaban J connectivity index is 2.05. The summed E-state index contributed by atoms with van der Waals surface area (Å²) in [4.78, 5) is 26.0. The summed E-state index contributed by atoms with van der Waals surface area (Å²) in [5.74, 6) is -0.652. The van der Waals surface area contributed by atoms with Gasteiger partial charge in [0.2, 0.25) is 0 Å². The molecule has 0 radical (unpaired) electrons. The molecule has 1 rings (SSSR count). The van der Waals surface area contributed by atoms with E-state index in [1.807, 2.05) is 12.3 Å². The first-order valence-electron chi connectivity index (χ1n) is 6.19. The van der Waals surface area contributed by atoms with Crippen LogP contribution in [0.4, 0.5) is 4.79 Å². The molecule has 6 nitrogen and oxygen atoms in total. The fraction of sp³-hybridized carbons (Fsp3) is 0.583. The molecule has 1 aromatic heterocycles. The van der Waals surface area contributed by atoms with E-state index in [4.69, 9.17) is 5.11 Å². The van der Waals surface area contributed by atoms with Crippen LogP contribution < -0.4 is 10.6 Å². The second-order valence-electron chi connectivity index (χ2n) is 4.35. The highest BCUT2D eigenvalue weighted by atomic mass is 32.1. The van der Waals surface area contributed by atoms with Gasteiger partial charge in [-0.2, -0.15) is 0 Å². The summed E-state index contributed by atoms with van der Waals surface area (Å²) in [5, 5.41) is 16.9. The maximum atomic E-state index is 11.5. The van der Waals surface area contributed by atoms with Crippen LogP contribution in [0.2, 0.25) is 0 Å². The SMILES string of the molecule is CC(CCC(=O)O)CNC(=O)NCCc1nccs1. The minimum atomic E-state index is -0.806. The van der Waals surface area contributed by atoms with E-state index in [1.165, 1.54) is 0 Å². The maximum absolute atomic E-state index is 11.5. The fourth-order valence-corrected chi connectivity index (χ4v) is 2.08. The standard InChI is InChI=1S/C12H19N3O3S/c1-9(2-3-11(16)17)8-15-12(18)14-5-4-10-13-6-7-19-10/h6-7,9H,2-5,8H2,1H3,(H,16,17)(H2,14,15,18). The van der Waals surface area contributed by atoms with Crippen LogP contribution >= 0.6 is 11.3 Å². The van der Waals surface area contributed by atoms with Gasteiger partial charge in [0.15, 0.2) is 0 Å². The summed E-state index contributed by atoms with van der Waals surface area (Å²) >= 11 is 1.56. The summed E-state index contributed by atoms with van der Waals surface area (Å²) in [7, 11) is 0. The van der Waals surface area contributed by atoms with Gasteiger partial charge in [-0.1, -0.05) is 6.92 Å². The van der Waals surface area contributed by atoms with Crippen LogP contribution in [0.5, 0.6) is 0 Å². The zero-order chi connectivity index (χ0) is 14.1. The van der Waals surface area contributed by atoms with E-state index in [1.54, 1.807) is 17.5 Å². The number of carboxylic acid groups (broad SMARTS) is 1. The molecular formula is C12H19N3O3S. The van der Waals surface area contributed by atoms with Crippen molar-refractivity contribution in [2.24, 2.45) is 5.92 Å². The minimum Gasteiger partial charge on any atom is -0.481 e. The molecule has 0 saturated heterocycles. The molecule has 1 unspecified atom stereocenters. The average molecular weight is 285 g/mol. The van der Waals surface area contributed by atoms with Gasteiger partial charge >= 0.3 is 12.0 Å². The van der Waals surface area contributed by atoms with Gasteiger partial charge in [0.25, 0.3) is 0 Å². The predicted molar refractivity (Wildman–Crippen MR) is 73.3 cm³/mol. The normalized spacial score (nSPS) is 11.8. The van der Waals surface area contributed by atoms with Crippen molar-refractivity contribution in [1.29, 1.82) is 0 Å². The topological polar surface area (TPSA) is 91.3 Å². The summed E-state index contributed by atoms with van der Waals surface area (Å²) < 4.78 is 0. The first-order chi connectivity index (χ1) is 9.08. The molecular weight excluding hydrogens is 266 g/mol. The summed E-state index contributed by atoms with van der Waals surface area (Å²) in [6.45, 7) is 2.94. The second-order valence-corrected chi connectivity index (χ2v) is 5.33. The zero-order valence-corrected chi connectivity index (χ0v) is 11.7. The van der Waals surface area contributed by atoms with Gasteiger partial charge in [0.05, 0.1) is 5.01 Å². The van der Waals surface area contributed by atoms with Gasteiger partial charge in [0, 0.05) is 37.5 Å². The largest absolute Gasteiger partial charge is 0.481 e. The molecule has 0 bridgehead atoms. The Hall–Kier alpha value is -1.63. The van der Waals surface area contributed by atoms with Crippen molar-refractivity contribution in [2.75, 3.05) is 13.1 Å². The van der Waals surface area contributed by atoms with Gasteiger partial charge in [0.1, 0.15) is 0 Å². The van der Waals surface area contributed by atoms with Gasteiger partial charge in [-0.25, -0.2) is 9.78 Å². The number of carbonyl (C=O) groups excluding carboxylic acids is 1. The number of nitrogens with one attached hydrogen (secondary N) is 2. The molecule has 106 valence electrons. The predicted octanol–water partition coefficient (Wildman–Crippen LogP) is 1.49. The third-order valence-electron chi connectivity index (χ3n) is 2.57. The number of aromatic nitrogens is 1. The fourth-order valence-electron chi connectivity index (χ4n) is 1.46. The van der Waals surface area contributed by atoms with Crippen LogP contribution in [0, 0.1) is 5.92 Å². The molecule has 19 heavy (non-hydrogen) atoms. The molecule has 0 aliphatic carbocycles. The lowest BCUT2D eigenvalue weighted by atomic mass is 10.1. The Morgan fingerprint density at radius 1 is 1.47 bits per heavy atom. The van der Waals surface area contributed by atoms with Gasteiger partial charge < -0.3 is 15.7 Å². The summed E-state index contributed by atoms with van der Waals surface area (Å²) in [5.41, 5.74) is 0.